The fourth-order valence-corrected chi connectivity index (χ4v) is 4.78. The van der Waals surface area contributed by atoms with Crippen molar-refractivity contribution < 1.29 is 24.5 Å². The number of hydrogen-bond donors (Lipinski definition) is 2. The molecule has 1 amide bonds. The van der Waals surface area contributed by atoms with Crippen molar-refractivity contribution in [1.82, 2.24) is 9.80 Å². The van der Waals surface area contributed by atoms with Gasteiger partial charge in [-0.1, -0.05) is 56.3 Å². The molecule has 7 heteroatoms. The monoisotopic (exact) mass is 514 g/mol. The van der Waals surface area contributed by atoms with Crippen molar-refractivity contribution in [3.8, 4) is 11.5 Å². The van der Waals surface area contributed by atoms with Crippen LogP contribution in [0.3, 0.4) is 0 Å². The van der Waals surface area contributed by atoms with Crippen LogP contribution in [0.4, 0.5) is 0 Å². The summed E-state index contributed by atoms with van der Waals surface area (Å²) in [7, 11) is 0. The van der Waals surface area contributed by atoms with Crippen LogP contribution in [0.2, 0.25) is 0 Å². The first-order valence-corrected chi connectivity index (χ1v) is 12.9. The standard InChI is InChI=1S/C31H34N2O5/c1-4-32(5-2)17-18-33-28(23-11-13-24(34)14-12-23)27(30(36)31(33)37)29(35)26-16-15-25(19-21(26)3)38-20-22-9-7-6-8-10-22/h6-16,19,28,34-35H,4-5,17-18,20H2,1-3H3/b29-27+/t28-/m1/s1. The number of benzene rings is 3. The lowest BCUT2D eigenvalue weighted by molar-refractivity contribution is -0.140. The fraction of sp³-hybridized carbons (Fsp3) is 0.290. The van der Waals surface area contributed by atoms with Gasteiger partial charge in [-0.25, -0.2) is 0 Å². The van der Waals surface area contributed by atoms with Crippen molar-refractivity contribution in [2.24, 2.45) is 0 Å². The molecule has 4 rings (SSSR count). The quantitative estimate of drug-likeness (QED) is 0.224. The van der Waals surface area contributed by atoms with Gasteiger partial charge >= 0.3 is 0 Å². The number of carbonyl (C=O) groups is 2. The molecule has 0 aromatic heterocycles. The first kappa shape index (κ1) is 26.9. The number of ketones is 1. The number of carbonyl (C=O) groups excluding carboxylic acids is 2. The van der Waals surface area contributed by atoms with Crippen LogP contribution in [0.25, 0.3) is 5.76 Å². The normalized spacial score (nSPS) is 16.8. The van der Waals surface area contributed by atoms with E-state index in [1.165, 1.54) is 17.0 Å². The molecule has 1 aliphatic rings. The lowest BCUT2D eigenvalue weighted by Gasteiger charge is -2.28. The van der Waals surface area contributed by atoms with Gasteiger partial charge in [0.2, 0.25) is 0 Å². The molecular weight excluding hydrogens is 480 g/mol. The molecule has 1 fully saturated rings. The van der Waals surface area contributed by atoms with Gasteiger partial charge in [0.1, 0.15) is 23.9 Å². The summed E-state index contributed by atoms with van der Waals surface area (Å²) in [4.78, 5) is 30.2. The first-order chi connectivity index (χ1) is 18.3. The van der Waals surface area contributed by atoms with E-state index in [9.17, 15) is 19.8 Å². The maximum atomic E-state index is 13.3. The number of likely N-dealkylation sites (N-methyl/N-ethyl adjacent to an activating group) is 1. The zero-order chi connectivity index (χ0) is 27.2. The topological polar surface area (TPSA) is 90.3 Å². The second-order valence-electron chi connectivity index (χ2n) is 9.36. The SMILES string of the molecule is CCN(CC)CCN1C(=O)C(=O)/C(=C(/O)c2ccc(OCc3ccccc3)cc2C)[C@H]1c1ccc(O)cc1. The summed E-state index contributed by atoms with van der Waals surface area (Å²) in [6.45, 7) is 8.90. The highest BCUT2D eigenvalue weighted by Gasteiger charge is 2.46. The molecule has 3 aromatic rings. The summed E-state index contributed by atoms with van der Waals surface area (Å²) >= 11 is 0. The number of phenolic OH excluding ortho intramolecular Hbond substituents is 1. The summed E-state index contributed by atoms with van der Waals surface area (Å²) in [5.74, 6) is -0.867. The zero-order valence-electron chi connectivity index (χ0n) is 22.1. The number of ether oxygens (including phenoxy) is 1. The minimum Gasteiger partial charge on any atom is -0.508 e. The van der Waals surface area contributed by atoms with Crippen molar-refractivity contribution in [3.05, 3.63) is 101 Å². The molecule has 7 nitrogen and oxygen atoms in total. The van der Waals surface area contributed by atoms with Gasteiger partial charge < -0.3 is 24.7 Å². The average Bonchev–Trinajstić information content (AvgIpc) is 3.18. The molecule has 1 saturated heterocycles. The number of aliphatic hydroxyl groups is 1. The van der Waals surface area contributed by atoms with E-state index in [0.29, 0.717) is 42.1 Å². The summed E-state index contributed by atoms with van der Waals surface area (Å²) in [6.07, 6.45) is 0. The minimum atomic E-state index is -0.764. The third-order valence-corrected chi connectivity index (χ3v) is 7.00. The number of aryl methyl sites for hydroxylation is 1. The molecule has 198 valence electrons. The van der Waals surface area contributed by atoms with Gasteiger partial charge in [0.25, 0.3) is 11.7 Å². The third-order valence-electron chi connectivity index (χ3n) is 7.00. The van der Waals surface area contributed by atoms with E-state index in [0.717, 1.165) is 18.7 Å². The van der Waals surface area contributed by atoms with E-state index in [-0.39, 0.29) is 17.1 Å². The summed E-state index contributed by atoms with van der Waals surface area (Å²) in [5, 5.41) is 21.3. The van der Waals surface area contributed by atoms with Gasteiger partial charge in [0.05, 0.1) is 11.6 Å². The average molecular weight is 515 g/mol. The lowest BCUT2D eigenvalue weighted by atomic mass is 9.94. The first-order valence-electron chi connectivity index (χ1n) is 12.9. The molecule has 0 bridgehead atoms. The molecule has 0 unspecified atom stereocenters. The Labute approximate surface area is 223 Å². The maximum Gasteiger partial charge on any atom is 0.295 e. The van der Waals surface area contributed by atoms with Crippen molar-refractivity contribution >= 4 is 17.4 Å². The number of amides is 1. The number of nitrogens with zero attached hydrogens (tertiary/aromatic N) is 2. The molecule has 1 aliphatic heterocycles. The van der Waals surface area contributed by atoms with E-state index in [1.54, 1.807) is 24.3 Å². The third kappa shape index (κ3) is 5.73. The van der Waals surface area contributed by atoms with Crippen molar-refractivity contribution in [1.29, 1.82) is 0 Å². The lowest BCUT2D eigenvalue weighted by Crippen LogP contribution is -2.38. The van der Waals surface area contributed by atoms with Gasteiger partial charge in [-0.15, -0.1) is 0 Å². The van der Waals surface area contributed by atoms with Crippen LogP contribution >= 0.6 is 0 Å². The van der Waals surface area contributed by atoms with Crippen LogP contribution in [0.1, 0.15) is 42.1 Å². The van der Waals surface area contributed by atoms with Gasteiger partial charge in [-0.2, -0.15) is 0 Å². The van der Waals surface area contributed by atoms with E-state index in [1.807, 2.05) is 57.2 Å². The summed E-state index contributed by atoms with van der Waals surface area (Å²) in [5.41, 5.74) is 2.90. The Hall–Kier alpha value is -4.10. The van der Waals surface area contributed by atoms with Crippen molar-refractivity contribution in [2.45, 2.75) is 33.4 Å². The van der Waals surface area contributed by atoms with Gasteiger partial charge in [0, 0.05) is 18.7 Å². The van der Waals surface area contributed by atoms with E-state index < -0.39 is 17.7 Å². The zero-order valence-corrected chi connectivity index (χ0v) is 22.1. The van der Waals surface area contributed by atoms with Crippen LogP contribution in [-0.4, -0.2) is 57.9 Å². The Balaban J connectivity index is 1.69. The Bertz CT molecular complexity index is 1310. The number of hydrogen-bond acceptors (Lipinski definition) is 6. The maximum absolute atomic E-state index is 13.3. The molecule has 0 spiro atoms. The number of aromatic hydroxyl groups is 1. The number of phenols is 1. The van der Waals surface area contributed by atoms with Gasteiger partial charge in [-0.3, -0.25) is 9.59 Å². The van der Waals surface area contributed by atoms with E-state index in [2.05, 4.69) is 4.90 Å². The molecule has 1 heterocycles. The van der Waals surface area contributed by atoms with Crippen molar-refractivity contribution in [3.63, 3.8) is 0 Å². The molecule has 1 atom stereocenters. The largest absolute Gasteiger partial charge is 0.508 e. The Morgan fingerprint density at radius 3 is 2.29 bits per heavy atom. The molecular formula is C31H34N2O5. The molecule has 0 saturated carbocycles. The smallest absolute Gasteiger partial charge is 0.295 e. The predicted molar refractivity (Wildman–Crippen MR) is 147 cm³/mol. The van der Waals surface area contributed by atoms with Crippen LogP contribution in [0, 0.1) is 6.92 Å². The van der Waals surface area contributed by atoms with Crippen LogP contribution in [0.5, 0.6) is 11.5 Å². The van der Waals surface area contributed by atoms with E-state index >= 15 is 0 Å². The highest BCUT2D eigenvalue weighted by molar-refractivity contribution is 6.46. The van der Waals surface area contributed by atoms with Gasteiger partial charge in [0.15, 0.2) is 0 Å². The Morgan fingerprint density at radius 1 is 0.974 bits per heavy atom. The van der Waals surface area contributed by atoms with E-state index in [4.69, 9.17) is 4.74 Å². The fourth-order valence-electron chi connectivity index (χ4n) is 4.78. The molecule has 2 N–H and O–H groups in total. The molecule has 3 aromatic carbocycles. The van der Waals surface area contributed by atoms with Gasteiger partial charge in [-0.05, 0) is 67.0 Å². The highest BCUT2D eigenvalue weighted by atomic mass is 16.5. The Kier molecular flexibility index (Phi) is 8.48. The predicted octanol–water partition coefficient (Wildman–Crippen LogP) is 5.04. The van der Waals surface area contributed by atoms with Crippen molar-refractivity contribution in [2.75, 3.05) is 26.2 Å². The highest BCUT2D eigenvalue weighted by Crippen LogP contribution is 2.40. The Morgan fingerprint density at radius 2 is 1.66 bits per heavy atom. The molecule has 38 heavy (non-hydrogen) atoms. The second kappa shape index (κ2) is 12.0. The second-order valence-corrected chi connectivity index (χ2v) is 9.36. The van der Waals surface area contributed by atoms with Crippen LogP contribution in [-0.2, 0) is 16.2 Å². The number of Topliss-reactive ketones (excluding diaryl/α,β-unsaturated/α-hetero) is 1. The van der Waals surface area contributed by atoms with Crippen LogP contribution < -0.4 is 4.74 Å². The van der Waals surface area contributed by atoms with Crippen LogP contribution in [0.15, 0.2) is 78.4 Å². The molecule has 0 radical (unpaired) electrons. The number of aliphatic hydroxyl groups excluding tert-OH is 1. The summed E-state index contributed by atoms with van der Waals surface area (Å²) < 4.78 is 5.91. The number of rotatable bonds is 10. The minimum absolute atomic E-state index is 0.0429. The number of likely N-dealkylation sites (tertiary alicyclic amines) is 1. The summed E-state index contributed by atoms with van der Waals surface area (Å²) in [6, 6.07) is 20.7. The molecule has 0 aliphatic carbocycles.